The van der Waals surface area contributed by atoms with Crippen LogP contribution in [0, 0.1) is 0 Å². The van der Waals surface area contributed by atoms with Crippen LogP contribution in [0.15, 0.2) is 47.2 Å². The van der Waals surface area contributed by atoms with Crippen LogP contribution in [-0.4, -0.2) is 23.0 Å². The van der Waals surface area contributed by atoms with Crippen LogP contribution in [0.3, 0.4) is 0 Å². The van der Waals surface area contributed by atoms with E-state index in [0.717, 1.165) is 18.0 Å². The second-order valence-electron chi connectivity index (χ2n) is 4.55. The van der Waals surface area contributed by atoms with Crippen LogP contribution in [0.1, 0.15) is 24.4 Å². The summed E-state index contributed by atoms with van der Waals surface area (Å²) in [5.41, 5.74) is 7.07. The Hall–Kier alpha value is -1.65. The van der Waals surface area contributed by atoms with Crippen LogP contribution >= 0.6 is 0 Å². The van der Waals surface area contributed by atoms with Crippen molar-refractivity contribution in [3.05, 3.63) is 54.2 Å². The molecule has 0 aliphatic heterocycles. The van der Waals surface area contributed by atoms with E-state index in [-0.39, 0.29) is 12.1 Å². The van der Waals surface area contributed by atoms with Gasteiger partial charge < -0.3 is 10.2 Å². The summed E-state index contributed by atoms with van der Waals surface area (Å²) in [7, 11) is 2.03. The summed E-state index contributed by atoms with van der Waals surface area (Å²) < 4.78 is 5.37. The Kier molecular flexibility index (Phi) is 4.12. The fraction of sp³-hybridized carbons (Fsp3) is 0.357. The topological polar surface area (TPSA) is 55.3 Å². The highest BCUT2D eigenvalue weighted by Gasteiger charge is 2.22. The van der Waals surface area contributed by atoms with Crippen molar-refractivity contribution >= 4 is 0 Å². The number of hydrogen-bond acceptors (Lipinski definition) is 4. The molecule has 0 bridgehead atoms. The zero-order valence-corrected chi connectivity index (χ0v) is 10.8. The van der Waals surface area contributed by atoms with E-state index in [9.17, 15) is 0 Å². The minimum Gasteiger partial charge on any atom is -0.468 e. The Labute approximate surface area is 107 Å². The molecule has 4 nitrogen and oxygen atoms in total. The number of aromatic nitrogens is 1. The van der Waals surface area contributed by atoms with Gasteiger partial charge in [-0.05, 0) is 38.2 Å². The fourth-order valence-electron chi connectivity index (χ4n) is 2.19. The van der Waals surface area contributed by atoms with Gasteiger partial charge in [-0.15, -0.1) is 0 Å². The Balaban J connectivity index is 2.15. The summed E-state index contributed by atoms with van der Waals surface area (Å²) >= 11 is 0. The van der Waals surface area contributed by atoms with Gasteiger partial charge in [0, 0.05) is 12.2 Å². The average Bonchev–Trinajstić information content (AvgIpc) is 2.83. The maximum absolute atomic E-state index is 6.09. The molecule has 2 N–H and O–H groups in total. The maximum atomic E-state index is 6.09. The third-order valence-electron chi connectivity index (χ3n) is 2.95. The predicted molar refractivity (Wildman–Crippen MR) is 70.8 cm³/mol. The summed E-state index contributed by atoms with van der Waals surface area (Å²) in [4.78, 5) is 6.56. The van der Waals surface area contributed by atoms with Crippen molar-refractivity contribution in [1.82, 2.24) is 9.88 Å². The van der Waals surface area contributed by atoms with Crippen LogP contribution in [0.25, 0.3) is 0 Å². The molecule has 0 saturated heterocycles. The van der Waals surface area contributed by atoms with Gasteiger partial charge in [0.25, 0.3) is 0 Å². The molecule has 96 valence electrons. The van der Waals surface area contributed by atoms with Gasteiger partial charge in [0.2, 0.25) is 0 Å². The summed E-state index contributed by atoms with van der Waals surface area (Å²) in [6.45, 7) is 2.72. The Morgan fingerprint density at radius 3 is 2.72 bits per heavy atom. The predicted octanol–water partition coefficient (Wildman–Crippen LogP) is 2.19. The summed E-state index contributed by atoms with van der Waals surface area (Å²) in [6, 6.07) is 9.84. The quantitative estimate of drug-likeness (QED) is 0.877. The molecule has 2 unspecified atom stereocenters. The van der Waals surface area contributed by atoms with Gasteiger partial charge in [-0.1, -0.05) is 6.07 Å². The Bertz CT molecular complexity index is 453. The number of rotatable bonds is 5. The van der Waals surface area contributed by atoms with E-state index in [1.807, 2.05) is 44.3 Å². The lowest BCUT2D eigenvalue weighted by atomic mass is 10.0. The molecule has 0 amide bonds. The van der Waals surface area contributed by atoms with Crippen LogP contribution in [0.2, 0.25) is 0 Å². The first-order valence-corrected chi connectivity index (χ1v) is 6.07. The minimum absolute atomic E-state index is 0.000128. The van der Waals surface area contributed by atoms with Gasteiger partial charge in [-0.2, -0.15) is 0 Å². The molecule has 0 spiro atoms. The van der Waals surface area contributed by atoms with Crippen molar-refractivity contribution < 1.29 is 4.42 Å². The molecule has 4 heteroatoms. The Morgan fingerprint density at radius 2 is 2.17 bits per heavy atom. The molecule has 18 heavy (non-hydrogen) atoms. The van der Waals surface area contributed by atoms with Gasteiger partial charge >= 0.3 is 0 Å². The monoisotopic (exact) mass is 245 g/mol. The van der Waals surface area contributed by atoms with E-state index in [1.54, 1.807) is 12.5 Å². The summed E-state index contributed by atoms with van der Waals surface area (Å²) in [5.74, 6) is 0.930. The fourth-order valence-corrected chi connectivity index (χ4v) is 2.19. The molecule has 0 fully saturated rings. The lowest BCUT2D eigenvalue weighted by Crippen LogP contribution is -2.37. The van der Waals surface area contributed by atoms with E-state index < -0.39 is 0 Å². The summed E-state index contributed by atoms with van der Waals surface area (Å²) in [5, 5.41) is 0. The highest BCUT2D eigenvalue weighted by Crippen LogP contribution is 2.22. The van der Waals surface area contributed by atoms with Gasteiger partial charge in [0.15, 0.2) is 0 Å². The van der Waals surface area contributed by atoms with E-state index in [0.29, 0.717) is 0 Å². The summed E-state index contributed by atoms with van der Waals surface area (Å²) in [6.07, 6.45) is 3.48. The highest BCUT2D eigenvalue weighted by molar-refractivity contribution is 5.11. The largest absolute Gasteiger partial charge is 0.468 e. The molecule has 2 aromatic heterocycles. The first kappa shape index (κ1) is 12.8. The van der Waals surface area contributed by atoms with Crippen molar-refractivity contribution in [2.24, 2.45) is 5.73 Å². The van der Waals surface area contributed by atoms with Crippen molar-refractivity contribution in [3.63, 3.8) is 0 Å². The normalized spacial score (nSPS) is 14.7. The second kappa shape index (κ2) is 5.80. The van der Waals surface area contributed by atoms with Gasteiger partial charge in [-0.3, -0.25) is 9.88 Å². The molecule has 0 aliphatic carbocycles. The van der Waals surface area contributed by atoms with Crippen LogP contribution < -0.4 is 5.73 Å². The molecule has 0 aliphatic rings. The van der Waals surface area contributed by atoms with Gasteiger partial charge in [-0.25, -0.2) is 0 Å². The molecule has 2 atom stereocenters. The third kappa shape index (κ3) is 2.97. The zero-order valence-electron chi connectivity index (χ0n) is 10.8. The van der Waals surface area contributed by atoms with E-state index in [2.05, 4.69) is 9.88 Å². The van der Waals surface area contributed by atoms with E-state index in [1.165, 1.54) is 0 Å². The number of nitrogens with two attached hydrogens (primary N) is 1. The van der Waals surface area contributed by atoms with E-state index in [4.69, 9.17) is 10.2 Å². The van der Waals surface area contributed by atoms with Crippen molar-refractivity contribution in [1.29, 1.82) is 0 Å². The van der Waals surface area contributed by atoms with Gasteiger partial charge in [0.1, 0.15) is 5.76 Å². The molecule has 2 heterocycles. The number of furan rings is 1. The standard InChI is InChI=1S/C14H19N3O/c1-11(15)14(13-7-3-4-8-16-13)17(2)10-12-6-5-9-18-12/h3-9,11,14H,10,15H2,1-2H3. The molecular formula is C14H19N3O. The number of nitrogens with zero attached hydrogens (tertiary/aromatic N) is 2. The maximum Gasteiger partial charge on any atom is 0.117 e. The first-order valence-electron chi connectivity index (χ1n) is 6.07. The first-order chi connectivity index (χ1) is 8.68. The van der Waals surface area contributed by atoms with Crippen LogP contribution in [-0.2, 0) is 6.54 Å². The lowest BCUT2D eigenvalue weighted by Gasteiger charge is -2.29. The van der Waals surface area contributed by atoms with E-state index >= 15 is 0 Å². The van der Waals surface area contributed by atoms with Crippen molar-refractivity contribution in [2.75, 3.05) is 7.05 Å². The number of pyridine rings is 1. The smallest absolute Gasteiger partial charge is 0.117 e. The number of likely N-dealkylation sites (N-methyl/N-ethyl adjacent to an activating group) is 1. The molecule has 0 radical (unpaired) electrons. The lowest BCUT2D eigenvalue weighted by molar-refractivity contribution is 0.192. The van der Waals surface area contributed by atoms with Crippen LogP contribution in [0.5, 0.6) is 0 Å². The average molecular weight is 245 g/mol. The van der Waals surface area contributed by atoms with Crippen LogP contribution in [0.4, 0.5) is 0 Å². The van der Waals surface area contributed by atoms with Crippen molar-refractivity contribution in [2.45, 2.75) is 25.6 Å². The van der Waals surface area contributed by atoms with Gasteiger partial charge in [0.05, 0.1) is 24.5 Å². The molecular weight excluding hydrogens is 226 g/mol. The SMILES string of the molecule is CC(N)C(c1ccccn1)N(C)Cc1ccco1. The molecule has 0 aromatic carbocycles. The molecule has 0 saturated carbocycles. The third-order valence-corrected chi connectivity index (χ3v) is 2.95. The van der Waals surface area contributed by atoms with Crippen molar-refractivity contribution in [3.8, 4) is 0 Å². The second-order valence-corrected chi connectivity index (χ2v) is 4.55. The minimum atomic E-state index is -0.000128. The molecule has 2 rings (SSSR count). The molecule has 2 aromatic rings. The number of hydrogen-bond donors (Lipinski definition) is 1. The Morgan fingerprint density at radius 1 is 1.33 bits per heavy atom. The zero-order chi connectivity index (χ0) is 13.0. The highest BCUT2D eigenvalue weighted by atomic mass is 16.3.